The van der Waals surface area contributed by atoms with Crippen molar-refractivity contribution in [1.82, 2.24) is 4.90 Å². The third-order valence-corrected chi connectivity index (χ3v) is 3.63. The van der Waals surface area contributed by atoms with Crippen molar-refractivity contribution >= 4 is 30.1 Å². The van der Waals surface area contributed by atoms with Crippen molar-refractivity contribution in [1.29, 1.82) is 0 Å². The second kappa shape index (κ2) is 9.76. The maximum Gasteiger partial charge on any atom is 0.239 e. The number of hydrogen-bond donors (Lipinski definition) is 2. The number of rotatable bonds is 7. The predicted octanol–water partition coefficient (Wildman–Crippen LogP) is 1.86. The van der Waals surface area contributed by atoms with E-state index in [0.29, 0.717) is 18.7 Å². The topological polar surface area (TPSA) is 75.8 Å². The van der Waals surface area contributed by atoms with Crippen LogP contribution in [0.2, 0.25) is 0 Å². The van der Waals surface area contributed by atoms with Gasteiger partial charge < -0.3 is 20.5 Å². The highest BCUT2D eigenvalue weighted by Crippen LogP contribution is 2.26. The van der Waals surface area contributed by atoms with E-state index in [1.165, 1.54) is 7.11 Å². The van der Waals surface area contributed by atoms with Gasteiger partial charge in [-0.1, -0.05) is 6.07 Å². The fourth-order valence-electron chi connectivity index (χ4n) is 1.84. The summed E-state index contributed by atoms with van der Waals surface area (Å²) >= 11 is 1.67. The summed E-state index contributed by atoms with van der Waals surface area (Å²) in [7, 11) is 3.21. The number of thioether (sulfide) groups is 1. The average Bonchev–Trinajstić information content (AvgIpc) is 2.44. The van der Waals surface area contributed by atoms with Gasteiger partial charge in [0.15, 0.2) is 11.5 Å². The fourth-order valence-corrected chi connectivity index (χ4v) is 2.33. The standard InChI is InChI=1S/C14H22N2O3S.ClH/c1-16(14(18)11(15)6-7-20-3)9-10-4-5-13(19-2)12(17)8-10;/h4-5,8,11,17H,6-7,9,15H2,1-3H3;1H/t11-;/m0./s1. The minimum Gasteiger partial charge on any atom is -0.504 e. The summed E-state index contributed by atoms with van der Waals surface area (Å²) in [4.78, 5) is 13.6. The highest BCUT2D eigenvalue weighted by Gasteiger charge is 2.18. The molecule has 120 valence electrons. The van der Waals surface area contributed by atoms with Crippen LogP contribution in [0.15, 0.2) is 18.2 Å². The number of methoxy groups -OCH3 is 1. The third kappa shape index (κ3) is 6.03. The van der Waals surface area contributed by atoms with Crippen molar-refractivity contribution in [3.05, 3.63) is 23.8 Å². The monoisotopic (exact) mass is 334 g/mol. The van der Waals surface area contributed by atoms with Crippen LogP contribution in [-0.2, 0) is 11.3 Å². The molecule has 0 aliphatic rings. The summed E-state index contributed by atoms with van der Waals surface area (Å²) in [5, 5.41) is 9.71. The quantitative estimate of drug-likeness (QED) is 0.796. The normalized spacial score (nSPS) is 11.4. The van der Waals surface area contributed by atoms with Crippen LogP contribution in [0.1, 0.15) is 12.0 Å². The Morgan fingerprint density at radius 2 is 2.19 bits per heavy atom. The molecule has 0 fully saturated rings. The maximum absolute atomic E-state index is 12.1. The van der Waals surface area contributed by atoms with Gasteiger partial charge in [-0.05, 0) is 36.1 Å². The van der Waals surface area contributed by atoms with Gasteiger partial charge in [0.05, 0.1) is 13.2 Å². The van der Waals surface area contributed by atoms with E-state index in [-0.39, 0.29) is 24.1 Å². The number of carbonyl (C=O) groups excluding carboxylic acids is 1. The van der Waals surface area contributed by atoms with Crippen LogP contribution in [0.3, 0.4) is 0 Å². The number of carbonyl (C=O) groups is 1. The SMILES string of the molecule is COc1ccc(CN(C)C(=O)[C@@H](N)CCSC)cc1O.Cl. The number of nitrogens with two attached hydrogens (primary N) is 1. The predicted molar refractivity (Wildman–Crippen MR) is 89.4 cm³/mol. The minimum atomic E-state index is -0.473. The lowest BCUT2D eigenvalue weighted by Gasteiger charge is -2.21. The number of ether oxygens (including phenoxy) is 1. The zero-order valence-electron chi connectivity index (χ0n) is 12.5. The van der Waals surface area contributed by atoms with Gasteiger partial charge in [-0.3, -0.25) is 4.79 Å². The van der Waals surface area contributed by atoms with E-state index in [0.717, 1.165) is 11.3 Å². The first-order valence-electron chi connectivity index (χ1n) is 6.35. The van der Waals surface area contributed by atoms with Gasteiger partial charge >= 0.3 is 0 Å². The second-order valence-electron chi connectivity index (χ2n) is 4.59. The minimum absolute atomic E-state index is 0. The van der Waals surface area contributed by atoms with Gasteiger partial charge in [0.25, 0.3) is 0 Å². The fraction of sp³-hybridized carbons (Fsp3) is 0.500. The molecule has 1 amide bonds. The molecule has 0 aliphatic carbocycles. The van der Waals surface area contributed by atoms with Gasteiger partial charge in [0, 0.05) is 13.6 Å². The van der Waals surface area contributed by atoms with Crippen molar-refractivity contribution < 1.29 is 14.6 Å². The van der Waals surface area contributed by atoms with Crippen LogP contribution in [-0.4, -0.2) is 48.1 Å². The van der Waals surface area contributed by atoms with Gasteiger partial charge in [0.2, 0.25) is 5.91 Å². The molecule has 3 N–H and O–H groups in total. The third-order valence-electron chi connectivity index (χ3n) is 2.99. The summed E-state index contributed by atoms with van der Waals surface area (Å²) in [5.41, 5.74) is 6.69. The summed E-state index contributed by atoms with van der Waals surface area (Å²) in [6, 6.07) is 4.61. The molecule has 1 aromatic carbocycles. The van der Waals surface area contributed by atoms with Crippen LogP contribution in [0, 0.1) is 0 Å². The van der Waals surface area contributed by atoms with E-state index in [9.17, 15) is 9.90 Å². The number of aromatic hydroxyl groups is 1. The first kappa shape index (κ1) is 19.9. The van der Waals surface area contributed by atoms with Gasteiger partial charge in [0.1, 0.15) is 0 Å². The molecule has 0 heterocycles. The smallest absolute Gasteiger partial charge is 0.239 e. The molecule has 1 atom stereocenters. The van der Waals surface area contributed by atoms with Crippen molar-refractivity contribution in [3.63, 3.8) is 0 Å². The number of phenolic OH excluding ortho intramolecular Hbond substituents is 1. The number of amides is 1. The van der Waals surface area contributed by atoms with Crippen LogP contribution in [0.25, 0.3) is 0 Å². The molecule has 0 unspecified atom stereocenters. The van der Waals surface area contributed by atoms with Crippen molar-refractivity contribution in [2.24, 2.45) is 5.73 Å². The van der Waals surface area contributed by atoms with E-state index in [2.05, 4.69) is 0 Å². The van der Waals surface area contributed by atoms with Crippen LogP contribution in [0.4, 0.5) is 0 Å². The lowest BCUT2D eigenvalue weighted by molar-refractivity contribution is -0.131. The van der Waals surface area contributed by atoms with E-state index >= 15 is 0 Å². The number of nitrogens with zero attached hydrogens (tertiary/aromatic N) is 1. The Hall–Kier alpha value is -1.11. The number of phenols is 1. The number of hydrogen-bond acceptors (Lipinski definition) is 5. The zero-order valence-corrected chi connectivity index (χ0v) is 14.2. The molecule has 0 radical (unpaired) electrons. The average molecular weight is 335 g/mol. The Balaban J connectivity index is 0.00000400. The summed E-state index contributed by atoms with van der Waals surface area (Å²) in [6.07, 6.45) is 2.65. The molecule has 0 saturated heterocycles. The molecule has 0 bridgehead atoms. The molecular formula is C14H23ClN2O3S. The van der Waals surface area contributed by atoms with E-state index < -0.39 is 6.04 Å². The highest BCUT2D eigenvalue weighted by molar-refractivity contribution is 7.98. The number of halogens is 1. The van der Waals surface area contributed by atoms with Crippen molar-refractivity contribution in [2.75, 3.05) is 26.2 Å². The highest BCUT2D eigenvalue weighted by atomic mass is 35.5. The Kier molecular flexibility index (Phi) is 9.24. The summed E-state index contributed by atoms with van der Waals surface area (Å²) < 4.78 is 4.98. The lowest BCUT2D eigenvalue weighted by atomic mass is 10.1. The maximum atomic E-state index is 12.1. The van der Waals surface area contributed by atoms with E-state index in [1.54, 1.807) is 35.8 Å². The van der Waals surface area contributed by atoms with Crippen molar-refractivity contribution in [2.45, 2.75) is 19.0 Å². The summed E-state index contributed by atoms with van der Waals surface area (Å²) in [6.45, 7) is 0.406. The first-order valence-corrected chi connectivity index (χ1v) is 7.74. The molecule has 0 aliphatic heterocycles. The number of likely N-dealkylation sites (N-methyl/N-ethyl adjacent to an activating group) is 1. The summed E-state index contributed by atoms with van der Waals surface area (Å²) in [5.74, 6) is 1.26. The zero-order chi connectivity index (χ0) is 15.1. The molecular weight excluding hydrogens is 312 g/mol. The van der Waals surface area contributed by atoms with Gasteiger partial charge in [-0.15, -0.1) is 12.4 Å². The first-order chi connectivity index (χ1) is 9.49. The van der Waals surface area contributed by atoms with Gasteiger partial charge in [-0.25, -0.2) is 0 Å². The largest absolute Gasteiger partial charge is 0.504 e. The van der Waals surface area contributed by atoms with E-state index in [1.807, 2.05) is 12.3 Å². The Morgan fingerprint density at radius 3 is 2.71 bits per heavy atom. The number of benzene rings is 1. The Morgan fingerprint density at radius 1 is 1.52 bits per heavy atom. The second-order valence-corrected chi connectivity index (χ2v) is 5.57. The van der Waals surface area contributed by atoms with Crippen LogP contribution >= 0.6 is 24.2 Å². The molecule has 5 nitrogen and oxygen atoms in total. The van der Waals surface area contributed by atoms with Crippen molar-refractivity contribution in [3.8, 4) is 11.5 Å². The van der Waals surface area contributed by atoms with Crippen LogP contribution in [0.5, 0.6) is 11.5 Å². The van der Waals surface area contributed by atoms with Crippen LogP contribution < -0.4 is 10.5 Å². The molecule has 7 heteroatoms. The molecule has 0 aromatic heterocycles. The molecule has 0 saturated carbocycles. The Labute approximate surface area is 136 Å². The Bertz CT molecular complexity index is 460. The molecule has 21 heavy (non-hydrogen) atoms. The molecule has 0 spiro atoms. The molecule has 1 rings (SSSR count). The van der Waals surface area contributed by atoms with E-state index in [4.69, 9.17) is 10.5 Å². The molecule has 1 aromatic rings. The van der Waals surface area contributed by atoms with Gasteiger partial charge in [-0.2, -0.15) is 11.8 Å². The lowest BCUT2D eigenvalue weighted by Crippen LogP contribution is -2.41.